The molecule has 0 aliphatic rings. The standard InChI is InChI=1S/C20H23N3O3/c1-23(2)17-10-8-15(9-11-17)14-18(20(26)21-12-13-24)22-19(25)16-6-4-3-5-7-16/h3-11,14,24H,12-13H2,1-2H3,(H,21,26)(H,22,25)/b18-14+. The van der Waals surface area contributed by atoms with Crippen molar-refractivity contribution in [3.63, 3.8) is 0 Å². The predicted octanol–water partition coefficient (Wildman–Crippen LogP) is 1.63. The van der Waals surface area contributed by atoms with Gasteiger partial charge in [-0.1, -0.05) is 30.3 Å². The Hall–Kier alpha value is -3.12. The molecule has 2 aromatic rings. The van der Waals surface area contributed by atoms with Gasteiger partial charge in [-0.05, 0) is 35.9 Å². The molecule has 0 aliphatic carbocycles. The highest BCUT2D eigenvalue weighted by Gasteiger charge is 2.14. The van der Waals surface area contributed by atoms with E-state index in [4.69, 9.17) is 5.11 Å². The molecule has 26 heavy (non-hydrogen) atoms. The summed E-state index contributed by atoms with van der Waals surface area (Å²) in [5.74, 6) is -0.832. The molecule has 6 heteroatoms. The van der Waals surface area contributed by atoms with Crippen LogP contribution in [0.5, 0.6) is 0 Å². The second-order valence-electron chi connectivity index (χ2n) is 5.84. The Balaban J connectivity index is 2.25. The lowest BCUT2D eigenvalue weighted by atomic mass is 10.1. The molecule has 0 unspecified atom stereocenters. The molecule has 0 aliphatic heterocycles. The molecule has 0 aromatic heterocycles. The van der Waals surface area contributed by atoms with E-state index in [9.17, 15) is 9.59 Å². The number of amides is 2. The number of hydrogen-bond donors (Lipinski definition) is 3. The maximum absolute atomic E-state index is 12.4. The van der Waals surface area contributed by atoms with Crippen LogP contribution in [0.15, 0.2) is 60.3 Å². The van der Waals surface area contributed by atoms with Gasteiger partial charge in [-0.25, -0.2) is 0 Å². The largest absolute Gasteiger partial charge is 0.395 e. The predicted molar refractivity (Wildman–Crippen MR) is 103 cm³/mol. The van der Waals surface area contributed by atoms with Crippen LogP contribution in [0.25, 0.3) is 6.08 Å². The highest BCUT2D eigenvalue weighted by Crippen LogP contribution is 2.14. The monoisotopic (exact) mass is 353 g/mol. The van der Waals surface area contributed by atoms with Crippen molar-refractivity contribution in [2.45, 2.75) is 0 Å². The van der Waals surface area contributed by atoms with Gasteiger partial charge in [0, 0.05) is 31.9 Å². The van der Waals surface area contributed by atoms with Gasteiger partial charge < -0.3 is 20.6 Å². The maximum atomic E-state index is 12.4. The van der Waals surface area contributed by atoms with Gasteiger partial charge in [-0.3, -0.25) is 9.59 Å². The molecule has 2 rings (SSSR count). The van der Waals surface area contributed by atoms with Crippen LogP contribution < -0.4 is 15.5 Å². The van der Waals surface area contributed by atoms with E-state index < -0.39 is 5.91 Å². The van der Waals surface area contributed by atoms with Crippen LogP contribution in [-0.4, -0.2) is 44.2 Å². The van der Waals surface area contributed by atoms with E-state index in [-0.39, 0.29) is 24.8 Å². The fourth-order valence-corrected chi connectivity index (χ4v) is 2.24. The van der Waals surface area contributed by atoms with Gasteiger partial charge in [0.25, 0.3) is 11.8 Å². The molecule has 2 aromatic carbocycles. The zero-order valence-corrected chi connectivity index (χ0v) is 14.9. The SMILES string of the molecule is CN(C)c1ccc(/C=C(/NC(=O)c2ccccc2)C(=O)NCCO)cc1. The quantitative estimate of drug-likeness (QED) is 0.661. The Kier molecular flexibility index (Phi) is 6.93. The average Bonchev–Trinajstić information content (AvgIpc) is 2.66. The van der Waals surface area contributed by atoms with Gasteiger partial charge in [0.05, 0.1) is 6.61 Å². The van der Waals surface area contributed by atoms with Crippen molar-refractivity contribution in [2.75, 3.05) is 32.1 Å². The van der Waals surface area contributed by atoms with Crippen molar-refractivity contribution in [1.82, 2.24) is 10.6 Å². The summed E-state index contributed by atoms with van der Waals surface area (Å²) < 4.78 is 0. The molecular weight excluding hydrogens is 330 g/mol. The van der Waals surface area contributed by atoms with Crippen molar-refractivity contribution >= 4 is 23.6 Å². The summed E-state index contributed by atoms with van der Waals surface area (Å²) in [6, 6.07) is 16.2. The number of nitrogens with one attached hydrogen (secondary N) is 2. The fourth-order valence-electron chi connectivity index (χ4n) is 2.24. The van der Waals surface area contributed by atoms with Gasteiger partial charge >= 0.3 is 0 Å². The molecule has 0 atom stereocenters. The minimum absolute atomic E-state index is 0.108. The number of carbonyl (C=O) groups is 2. The Labute approximate surface area is 153 Å². The molecule has 0 bridgehead atoms. The normalized spacial score (nSPS) is 11.0. The number of hydrogen-bond acceptors (Lipinski definition) is 4. The average molecular weight is 353 g/mol. The number of aliphatic hydroxyl groups excluding tert-OH is 1. The molecule has 0 fully saturated rings. The minimum Gasteiger partial charge on any atom is -0.395 e. The van der Waals surface area contributed by atoms with Crippen molar-refractivity contribution in [1.29, 1.82) is 0 Å². The summed E-state index contributed by atoms with van der Waals surface area (Å²) in [4.78, 5) is 26.7. The van der Waals surface area contributed by atoms with E-state index in [1.54, 1.807) is 30.3 Å². The second kappa shape index (κ2) is 9.39. The van der Waals surface area contributed by atoms with E-state index >= 15 is 0 Å². The summed E-state index contributed by atoms with van der Waals surface area (Å²) >= 11 is 0. The first kappa shape index (κ1) is 19.2. The van der Waals surface area contributed by atoms with Crippen LogP contribution in [0, 0.1) is 0 Å². The van der Waals surface area contributed by atoms with Gasteiger partial charge in [0.15, 0.2) is 0 Å². The van der Waals surface area contributed by atoms with Crippen molar-refractivity contribution in [2.24, 2.45) is 0 Å². The molecule has 0 saturated carbocycles. The smallest absolute Gasteiger partial charge is 0.267 e. The van der Waals surface area contributed by atoms with Gasteiger partial charge in [-0.2, -0.15) is 0 Å². The highest BCUT2D eigenvalue weighted by molar-refractivity contribution is 6.05. The number of anilines is 1. The van der Waals surface area contributed by atoms with Gasteiger partial charge in [0.2, 0.25) is 0 Å². The van der Waals surface area contributed by atoms with Crippen molar-refractivity contribution in [3.8, 4) is 0 Å². The Morgan fingerprint density at radius 3 is 2.27 bits per heavy atom. The number of carbonyl (C=O) groups excluding carboxylic acids is 2. The summed E-state index contributed by atoms with van der Waals surface area (Å²) in [6.45, 7) is -0.0693. The number of aliphatic hydroxyl groups is 1. The first-order chi connectivity index (χ1) is 12.5. The Morgan fingerprint density at radius 1 is 1.04 bits per heavy atom. The number of nitrogens with zero attached hydrogens (tertiary/aromatic N) is 1. The topological polar surface area (TPSA) is 81.7 Å². The molecule has 136 valence electrons. The lowest BCUT2D eigenvalue weighted by Gasteiger charge is -2.13. The van der Waals surface area contributed by atoms with Crippen LogP contribution in [0.3, 0.4) is 0 Å². The first-order valence-electron chi connectivity index (χ1n) is 8.26. The van der Waals surface area contributed by atoms with E-state index in [0.29, 0.717) is 5.56 Å². The zero-order valence-electron chi connectivity index (χ0n) is 14.9. The van der Waals surface area contributed by atoms with Crippen LogP contribution in [-0.2, 0) is 4.79 Å². The molecule has 0 radical (unpaired) electrons. The van der Waals surface area contributed by atoms with Crippen LogP contribution in [0.2, 0.25) is 0 Å². The molecule has 0 saturated heterocycles. The molecule has 0 spiro atoms. The molecule has 0 heterocycles. The molecule has 2 amide bonds. The van der Waals surface area contributed by atoms with Gasteiger partial charge in [0.1, 0.15) is 5.70 Å². The van der Waals surface area contributed by atoms with E-state index in [1.807, 2.05) is 49.3 Å². The summed E-state index contributed by atoms with van der Waals surface area (Å²) in [5, 5.41) is 14.1. The summed E-state index contributed by atoms with van der Waals surface area (Å²) in [7, 11) is 3.89. The van der Waals surface area contributed by atoms with Gasteiger partial charge in [-0.15, -0.1) is 0 Å². The number of benzene rings is 2. The highest BCUT2D eigenvalue weighted by atomic mass is 16.3. The molecular formula is C20H23N3O3. The van der Waals surface area contributed by atoms with E-state index in [1.165, 1.54) is 0 Å². The lowest BCUT2D eigenvalue weighted by Crippen LogP contribution is -2.36. The third-order valence-corrected chi connectivity index (χ3v) is 3.65. The summed E-state index contributed by atoms with van der Waals surface area (Å²) in [5.41, 5.74) is 2.38. The van der Waals surface area contributed by atoms with E-state index in [2.05, 4.69) is 10.6 Å². The van der Waals surface area contributed by atoms with Crippen LogP contribution in [0.4, 0.5) is 5.69 Å². The molecule has 6 nitrogen and oxygen atoms in total. The van der Waals surface area contributed by atoms with E-state index in [0.717, 1.165) is 11.3 Å². The van der Waals surface area contributed by atoms with Crippen molar-refractivity contribution < 1.29 is 14.7 Å². The number of rotatable bonds is 7. The fraction of sp³-hybridized carbons (Fsp3) is 0.200. The molecule has 3 N–H and O–H groups in total. The zero-order chi connectivity index (χ0) is 18.9. The van der Waals surface area contributed by atoms with Crippen LogP contribution in [0.1, 0.15) is 15.9 Å². The second-order valence-corrected chi connectivity index (χ2v) is 5.84. The Morgan fingerprint density at radius 2 is 1.69 bits per heavy atom. The maximum Gasteiger partial charge on any atom is 0.267 e. The van der Waals surface area contributed by atoms with Crippen molar-refractivity contribution in [3.05, 3.63) is 71.4 Å². The third kappa shape index (κ3) is 5.46. The first-order valence-corrected chi connectivity index (χ1v) is 8.26. The minimum atomic E-state index is -0.458. The lowest BCUT2D eigenvalue weighted by molar-refractivity contribution is -0.117. The summed E-state index contributed by atoms with van der Waals surface area (Å²) in [6.07, 6.45) is 1.60. The van der Waals surface area contributed by atoms with Crippen LogP contribution >= 0.6 is 0 Å². The Bertz CT molecular complexity index is 769. The third-order valence-electron chi connectivity index (χ3n) is 3.65.